The summed E-state index contributed by atoms with van der Waals surface area (Å²) in [6, 6.07) is 12.1. The molecule has 1 amide bonds. The Labute approximate surface area is 222 Å². The zero-order chi connectivity index (χ0) is 24.1. The van der Waals surface area contributed by atoms with Crippen molar-refractivity contribution >= 4 is 74.8 Å². The Kier molecular flexibility index (Phi) is 6.45. The van der Waals surface area contributed by atoms with Gasteiger partial charge in [-0.25, -0.2) is 4.98 Å². The third kappa shape index (κ3) is 3.95. The summed E-state index contributed by atoms with van der Waals surface area (Å²) in [5.74, 6) is 0.875. The summed E-state index contributed by atoms with van der Waals surface area (Å²) >= 11 is 15.2. The van der Waals surface area contributed by atoms with E-state index in [0.29, 0.717) is 49.8 Å². The zero-order valence-corrected chi connectivity index (χ0v) is 22.6. The number of aromatic nitrogens is 2. The van der Waals surface area contributed by atoms with Gasteiger partial charge in [-0.05, 0) is 48.9 Å². The van der Waals surface area contributed by atoms with Gasteiger partial charge in [0.2, 0.25) is 11.8 Å². The molecule has 0 fully saturated rings. The van der Waals surface area contributed by atoms with Crippen molar-refractivity contribution in [1.82, 2.24) is 14.9 Å². The maximum Gasteiger partial charge on any atom is 0.272 e. The Morgan fingerprint density at radius 3 is 2.65 bits per heavy atom. The van der Waals surface area contributed by atoms with Gasteiger partial charge in [0.15, 0.2) is 6.67 Å². The van der Waals surface area contributed by atoms with Gasteiger partial charge in [0.05, 0.1) is 33.0 Å². The summed E-state index contributed by atoms with van der Waals surface area (Å²) in [5.41, 5.74) is 4.54. The quantitative estimate of drug-likeness (QED) is 0.244. The van der Waals surface area contributed by atoms with E-state index >= 15 is 0 Å². The molecular formula is C24H24Cl2IN6O+. The van der Waals surface area contributed by atoms with Crippen molar-refractivity contribution in [2.24, 2.45) is 0 Å². The topological polar surface area (TPSA) is 65.8 Å². The number of benzene rings is 2. The molecule has 10 heteroatoms. The van der Waals surface area contributed by atoms with E-state index in [1.165, 1.54) is 11.1 Å². The van der Waals surface area contributed by atoms with Crippen LogP contribution in [0.5, 0.6) is 0 Å². The predicted molar refractivity (Wildman–Crippen MR) is 144 cm³/mol. The van der Waals surface area contributed by atoms with Crippen LogP contribution >= 0.6 is 45.8 Å². The maximum absolute atomic E-state index is 13.3. The average Bonchev–Trinajstić information content (AvgIpc) is 3.06. The standard InChI is InChI=1S/C24H23Cl2IN6O/c1-4-19-14-9-8-13(10-15(14)21(27)32(19)3)29-24-28-11-16-22(30-24)31(2)12-33(23(16)34)20-17(25)6-5-7-18(20)26/h5-11,19,21H,4,12H2,1-3H3,(H,28,29,30)/p+1. The average molecular weight is 610 g/mol. The molecule has 3 unspecified atom stereocenters. The molecule has 3 heterocycles. The van der Waals surface area contributed by atoms with Crippen molar-refractivity contribution in [1.29, 1.82) is 0 Å². The van der Waals surface area contributed by atoms with Gasteiger partial charge in [-0.2, -0.15) is 4.98 Å². The van der Waals surface area contributed by atoms with Crippen LogP contribution in [0.15, 0.2) is 42.6 Å². The summed E-state index contributed by atoms with van der Waals surface area (Å²) < 4.78 is 0.319. The summed E-state index contributed by atoms with van der Waals surface area (Å²) in [6.07, 6.45) is 2.64. The molecule has 2 aliphatic rings. The number of para-hydroxylation sites is 1. The molecule has 0 aliphatic carbocycles. The van der Waals surface area contributed by atoms with Crippen molar-refractivity contribution in [3.63, 3.8) is 0 Å². The van der Waals surface area contributed by atoms with Crippen LogP contribution in [0.1, 0.15) is 44.9 Å². The lowest BCUT2D eigenvalue weighted by molar-refractivity contribution is -0.812. The molecule has 2 aromatic carbocycles. The normalized spacial score (nSPS) is 22.0. The molecule has 3 atom stereocenters. The lowest BCUT2D eigenvalue weighted by Crippen LogP contribution is -3.08. The summed E-state index contributed by atoms with van der Waals surface area (Å²) in [4.78, 5) is 27.3. The number of carbonyl (C=O) groups excluding carboxylic acids is 1. The van der Waals surface area contributed by atoms with E-state index in [0.717, 1.165) is 17.0 Å². The molecule has 34 heavy (non-hydrogen) atoms. The molecule has 0 saturated carbocycles. The van der Waals surface area contributed by atoms with Gasteiger partial charge in [-0.3, -0.25) is 19.5 Å². The van der Waals surface area contributed by atoms with Crippen LogP contribution in [-0.2, 0) is 0 Å². The Morgan fingerprint density at radius 2 is 1.94 bits per heavy atom. The summed E-state index contributed by atoms with van der Waals surface area (Å²) in [6.45, 7) is 2.57. The molecule has 0 saturated heterocycles. The number of amides is 1. The number of quaternary nitrogens is 1. The maximum atomic E-state index is 13.3. The van der Waals surface area contributed by atoms with E-state index < -0.39 is 0 Å². The SMILES string of the molecule is CCC1c2ccc(Nc3ncc4c(n3)[NH+](C)CN(c3c(Cl)cccc3Cl)C4=O)cc2C(I)N1C. The monoisotopic (exact) mass is 609 g/mol. The van der Waals surface area contributed by atoms with E-state index in [-0.39, 0.29) is 5.91 Å². The van der Waals surface area contributed by atoms with Crippen molar-refractivity contribution in [3.05, 3.63) is 69.3 Å². The lowest BCUT2D eigenvalue weighted by atomic mass is 10.0. The van der Waals surface area contributed by atoms with Crippen LogP contribution in [0, 0.1) is 0 Å². The third-order valence-electron chi connectivity index (χ3n) is 6.47. The molecule has 3 aromatic rings. The number of halogens is 3. The number of anilines is 3. The van der Waals surface area contributed by atoms with Crippen LogP contribution in [0.25, 0.3) is 0 Å². The van der Waals surface area contributed by atoms with E-state index in [1.54, 1.807) is 29.3 Å². The molecule has 0 spiro atoms. The van der Waals surface area contributed by atoms with Gasteiger partial charge in [-0.1, -0.05) is 64.8 Å². The predicted octanol–water partition coefficient (Wildman–Crippen LogP) is 5.12. The first kappa shape index (κ1) is 23.7. The van der Waals surface area contributed by atoms with Crippen LogP contribution in [0.4, 0.5) is 23.1 Å². The fourth-order valence-corrected chi connectivity index (χ4v) is 6.31. The molecule has 1 aromatic heterocycles. The Bertz CT molecular complexity index is 1270. The Hall–Kier alpha value is -1.98. The summed E-state index contributed by atoms with van der Waals surface area (Å²) in [7, 11) is 4.12. The number of fused-ring (bicyclic) bond motifs is 2. The van der Waals surface area contributed by atoms with Gasteiger partial charge >= 0.3 is 0 Å². The van der Waals surface area contributed by atoms with Crippen LogP contribution in [-0.4, -0.2) is 41.5 Å². The lowest BCUT2D eigenvalue weighted by Gasteiger charge is -2.31. The molecule has 5 rings (SSSR count). The Morgan fingerprint density at radius 1 is 1.21 bits per heavy atom. The number of nitrogens with one attached hydrogen (secondary N) is 2. The van der Waals surface area contributed by atoms with Crippen LogP contribution < -0.4 is 15.1 Å². The van der Waals surface area contributed by atoms with Gasteiger partial charge in [-0.15, -0.1) is 0 Å². The van der Waals surface area contributed by atoms with Crippen LogP contribution in [0.2, 0.25) is 10.0 Å². The minimum atomic E-state index is -0.221. The van der Waals surface area contributed by atoms with Crippen molar-refractivity contribution in [2.45, 2.75) is 23.4 Å². The second-order valence-electron chi connectivity index (χ2n) is 8.59. The minimum Gasteiger partial charge on any atom is -0.324 e. The number of nitrogens with zero attached hydrogens (tertiary/aromatic N) is 4. The van der Waals surface area contributed by atoms with Crippen molar-refractivity contribution in [3.8, 4) is 0 Å². The largest absolute Gasteiger partial charge is 0.324 e. The van der Waals surface area contributed by atoms with E-state index in [4.69, 9.17) is 23.2 Å². The highest BCUT2D eigenvalue weighted by Crippen LogP contribution is 2.46. The Balaban J connectivity index is 1.43. The van der Waals surface area contributed by atoms with E-state index in [1.807, 2.05) is 7.05 Å². The number of hydrogen-bond acceptors (Lipinski definition) is 5. The molecule has 176 valence electrons. The smallest absolute Gasteiger partial charge is 0.272 e. The summed E-state index contributed by atoms with van der Waals surface area (Å²) in [5, 5.41) is 4.18. The number of hydrogen-bond donors (Lipinski definition) is 2. The first-order chi connectivity index (χ1) is 16.3. The zero-order valence-electron chi connectivity index (χ0n) is 18.9. The van der Waals surface area contributed by atoms with Gasteiger partial charge in [0.25, 0.3) is 5.91 Å². The highest BCUT2D eigenvalue weighted by molar-refractivity contribution is 14.1. The second-order valence-corrected chi connectivity index (χ2v) is 10.6. The molecule has 0 bridgehead atoms. The third-order valence-corrected chi connectivity index (χ3v) is 8.63. The fourth-order valence-electron chi connectivity index (χ4n) is 4.78. The molecule has 7 nitrogen and oxygen atoms in total. The first-order valence-corrected chi connectivity index (χ1v) is 13.0. The molecule has 2 N–H and O–H groups in total. The van der Waals surface area contributed by atoms with Gasteiger partial charge in [0, 0.05) is 11.7 Å². The number of carbonyl (C=O) groups is 1. The van der Waals surface area contributed by atoms with Gasteiger partial charge < -0.3 is 5.32 Å². The fraction of sp³-hybridized carbons (Fsp3) is 0.292. The molecular weight excluding hydrogens is 586 g/mol. The highest BCUT2D eigenvalue weighted by Gasteiger charge is 2.37. The minimum absolute atomic E-state index is 0.221. The second kappa shape index (κ2) is 9.23. The van der Waals surface area contributed by atoms with Crippen molar-refractivity contribution in [2.75, 3.05) is 31.0 Å². The first-order valence-electron chi connectivity index (χ1n) is 11.0. The highest BCUT2D eigenvalue weighted by atomic mass is 127. The molecule has 0 radical (unpaired) electrons. The molecule has 2 aliphatic heterocycles. The van der Waals surface area contributed by atoms with E-state index in [2.05, 4.69) is 74.9 Å². The van der Waals surface area contributed by atoms with E-state index in [9.17, 15) is 4.79 Å². The van der Waals surface area contributed by atoms with Gasteiger partial charge in [0.1, 0.15) is 5.56 Å². The van der Waals surface area contributed by atoms with Crippen LogP contribution in [0.3, 0.4) is 0 Å². The number of alkyl halides is 1. The number of rotatable bonds is 4. The van der Waals surface area contributed by atoms with Crippen molar-refractivity contribution < 1.29 is 9.69 Å².